The molecule has 2 aliphatic heterocycles. The minimum absolute atomic E-state index is 0.0138. The molecule has 0 atom stereocenters. The number of carboxylic acids is 2. The number of nitro benzene ring substituents is 1. The molecular formula is C55H62ClF6N7O12S. The first-order valence-electron chi connectivity index (χ1n) is 25.6. The van der Waals surface area contributed by atoms with Crippen LogP contribution in [0.15, 0.2) is 102 Å². The fourth-order valence-corrected chi connectivity index (χ4v) is 10.4. The minimum Gasteiger partial charge on any atom is -0.475 e. The Morgan fingerprint density at radius 2 is 1.44 bits per heavy atom. The highest BCUT2D eigenvalue weighted by Gasteiger charge is 2.39. The van der Waals surface area contributed by atoms with Crippen LogP contribution in [0.4, 0.5) is 48.2 Å². The normalized spacial score (nSPS) is 16.5. The number of aliphatic carboxylic acids is 2. The third-order valence-corrected chi connectivity index (χ3v) is 15.1. The zero-order valence-electron chi connectivity index (χ0n) is 45.5. The number of rotatable bonds is 12. The molecule has 4 aromatic carbocycles. The summed E-state index contributed by atoms with van der Waals surface area (Å²) in [6, 6.07) is 23.6. The van der Waals surface area contributed by atoms with Crippen LogP contribution in [0.3, 0.4) is 0 Å². The van der Waals surface area contributed by atoms with Gasteiger partial charge in [0.1, 0.15) is 22.8 Å². The third kappa shape index (κ3) is 17.3. The zero-order valence-corrected chi connectivity index (χ0v) is 47.1. The van der Waals surface area contributed by atoms with E-state index in [9.17, 15) is 54.5 Å². The van der Waals surface area contributed by atoms with Gasteiger partial charge in [0.05, 0.1) is 20.9 Å². The SMILES string of the molecule is CN1CCC(Nc2ccc(S(=O)(=O)NC(=O)c3ccc(N4CCN(CC5=C(c6ccc(Cl)cc6)CC(C)(C)CC5)CC4)cc3Oc3cccc4c3ccn4C(=O)OC(C)(C)C)cc2[N+](=O)[O-])CC1.O=C(O)C(F)(F)F.O=C(O)C(F)(F)F. The number of aromatic nitrogens is 1. The molecule has 0 radical (unpaired) electrons. The zero-order chi connectivity index (χ0) is 60.7. The summed E-state index contributed by atoms with van der Waals surface area (Å²) < 4.78 is 107. The van der Waals surface area contributed by atoms with Crippen LogP contribution in [-0.2, 0) is 24.3 Å². The molecule has 2 fully saturated rings. The molecule has 82 heavy (non-hydrogen) atoms. The van der Waals surface area contributed by atoms with Gasteiger partial charge in [-0.1, -0.05) is 49.2 Å². The lowest BCUT2D eigenvalue weighted by atomic mass is 9.72. The molecule has 1 amide bonds. The number of carboxylic acid groups (broad SMARTS) is 2. The predicted octanol–water partition coefficient (Wildman–Crippen LogP) is 11.5. The molecule has 3 aliphatic rings. The lowest BCUT2D eigenvalue weighted by Crippen LogP contribution is -2.47. The van der Waals surface area contributed by atoms with Gasteiger partial charge in [-0.2, -0.15) is 26.3 Å². The highest BCUT2D eigenvalue weighted by molar-refractivity contribution is 7.90. The summed E-state index contributed by atoms with van der Waals surface area (Å²) in [5, 5.41) is 31.0. The van der Waals surface area contributed by atoms with Crippen molar-refractivity contribution in [3.63, 3.8) is 0 Å². The average Bonchev–Trinajstić information content (AvgIpc) is 3.89. The molecule has 3 heterocycles. The molecule has 1 aromatic heterocycles. The summed E-state index contributed by atoms with van der Waals surface area (Å²) in [5.41, 5.74) is 4.49. The Bertz CT molecular complexity index is 3290. The number of benzene rings is 4. The number of ether oxygens (including phenoxy) is 2. The van der Waals surface area contributed by atoms with Crippen molar-refractivity contribution in [1.82, 2.24) is 19.1 Å². The van der Waals surface area contributed by atoms with Crippen molar-refractivity contribution >= 4 is 79.1 Å². The van der Waals surface area contributed by atoms with Crippen LogP contribution in [0.5, 0.6) is 11.5 Å². The smallest absolute Gasteiger partial charge is 0.475 e. The van der Waals surface area contributed by atoms with Crippen LogP contribution >= 0.6 is 11.6 Å². The van der Waals surface area contributed by atoms with Crippen LogP contribution in [0.25, 0.3) is 16.5 Å². The van der Waals surface area contributed by atoms with Gasteiger partial charge in [-0.05, 0) is 144 Å². The molecule has 0 saturated carbocycles. The van der Waals surface area contributed by atoms with Crippen molar-refractivity contribution in [2.45, 2.75) is 95.6 Å². The van der Waals surface area contributed by atoms with Crippen LogP contribution in [0.2, 0.25) is 5.02 Å². The highest BCUT2D eigenvalue weighted by atomic mass is 35.5. The summed E-state index contributed by atoms with van der Waals surface area (Å²) in [7, 11) is -2.61. The van der Waals surface area contributed by atoms with Gasteiger partial charge in [0, 0.05) is 73.2 Å². The van der Waals surface area contributed by atoms with E-state index in [0.29, 0.717) is 34.8 Å². The number of allylic oxidation sites excluding steroid dienone is 1. The highest BCUT2D eigenvalue weighted by Crippen LogP contribution is 2.44. The van der Waals surface area contributed by atoms with Crippen molar-refractivity contribution in [3.8, 4) is 11.5 Å². The van der Waals surface area contributed by atoms with Crippen molar-refractivity contribution in [1.29, 1.82) is 0 Å². The van der Waals surface area contributed by atoms with Gasteiger partial charge < -0.3 is 34.8 Å². The number of hydrogen-bond donors (Lipinski definition) is 4. The molecule has 19 nitrogen and oxygen atoms in total. The molecular weight excluding hydrogens is 1130 g/mol. The summed E-state index contributed by atoms with van der Waals surface area (Å²) in [6.45, 7) is 15.4. The first-order valence-corrected chi connectivity index (χ1v) is 27.5. The minimum atomic E-state index is -5.08. The number of nitrogens with zero attached hydrogens (tertiary/aromatic N) is 5. The lowest BCUT2D eigenvalue weighted by molar-refractivity contribution is -0.384. The summed E-state index contributed by atoms with van der Waals surface area (Å²) in [4.78, 5) is 63.2. The number of sulfonamides is 1. The first kappa shape index (κ1) is 63.8. The maximum Gasteiger partial charge on any atom is 0.490 e. The number of fused-ring (bicyclic) bond motifs is 1. The van der Waals surface area contributed by atoms with Gasteiger partial charge in [0.15, 0.2) is 0 Å². The van der Waals surface area contributed by atoms with Gasteiger partial charge >= 0.3 is 30.4 Å². The predicted molar refractivity (Wildman–Crippen MR) is 294 cm³/mol. The van der Waals surface area contributed by atoms with E-state index in [-0.39, 0.29) is 28.5 Å². The standard InChI is InChI=1S/C51H60ClN7O8S.2C2HF3O2/c1-50(2,3)67-49(61)58-25-21-40-44(58)8-7-9-46(40)66-47-30-38(57-28-26-56(27-29-57)33-35-18-22-51(4,5)32-42(35)34-10-12-36(52)13-11-34)14-16-41(47)48(60)54-68(64,65)39-15-17-43(45(31-39)59(62)63)53-37-19-23-55(6)24-20-37;2*3-2(4,5)1(6)7/h7-17,21,25,30-31,37,53H,18-20,22-24,26-29,32-33H2,1-6H3,(H,54,60);2*(H,6,7). The maximum absolute atomic E-state index is 14.2. The van der Waals surface area contributed by atoms with Gasteiger partial charge in [-0.25, -0.2) is 27.5 Å². The van der Waals surface area contributed by atoms with E-state index in [1.54, 1.807) is 63.4 Å². The topological polar surface area (TPSA) is 243 Å². The second kappa shape index (κ2) is 25.8. The van der Waals surface area contributed by atoms with Gasteiger partial charge in [-0.15, -0.1) is 0 Å². The average molecular weight is 1190 g/mol. The van der Waals surface area contributed by atoms with Crippen LogP contribution in [0.1, 0.15) is 82.6 Å². The Labute approximate surface area is 473 Å². The second-order valence-electron chi connectivity index (χ2n) is 21.5. The molecule has 2 saturated heterocycles. The number of nitro groups is 1. The van der Waals surface area contributed by atoms with E-state index in [2.05, 4.69) is 50.7 Å². The van der Waals surface area contributed by atoms with E-state index >= 15 is 0 Å². The summed E-state index contributed by atoms with van der Waals surface area (Å²) in [6.07, 6.45) is -4.48. The maximum atomic E-state index is 14.2. The van der Waals surface area contributed by atoms with Gasteiger partial charge in [-0.3, -0.25) is 24.4 Å². The fraction of sp³-hybridized carbons (Fsp3) is 0.418. The van der Waals surface area contributed by atoms with Crippen molar-refractivity contribution in [2.75, 3.05) is 63.1 Å². The molecule has 27 heteroatoms. The fourth-order valence-electron chi connectivity index (χ4n) is 9.26. The Morgan fingerprint density at radius 3 is 2.01 bits per heavy atom. The number of anilines is 2. The summed E-state index contributed by atoms with van der Waals surface area (Å²) >= 11 is 6.26. The molecule has 0 bridgehead atoms. The Kier molecular flexibility index (Phi) is 20.1. The van der Waals surface area contributed by atoms with Gasteiger partial charge in [0.25, 0.3) is 21.6 Å². The van der Waals surface area contributed by atoms with E-state index in [1.807, 2.05) is 19.2 Å². The number of nitrogens with one attached hydrogen (secondary N) is 2. The van der Waals surface area contributed by atoms with Gasteiger partial charge in [0.2, 0.25) is 0 Å². The van der Waals surface area contributed by atoms with E-state index < -0.39 is 67.4 Å². The molecule has 8 rings (SSSR count). The largest absolute Gasteiger partial charge is 0.490 e. The molecule has 5 aromatic rings. The Hall–Kier alpha value is -7.42. The van der Waals surface area contributed by atoms with Crippen molar-refractivity contribution in [3.05, 3.63) is 123 Å². The number of alkyl halides is 6. The van der Waals surface area contributed by atoms with E-state index in [1.165, 1.54) is 39.5 Å². The number of carbonyl (C=O) groups excluding carboxylic acids is 2. The molecule has 1 aliphatic carbocycles. The van der Waals surface area contributed by atoms with Crippen LogP contribution in [-0.4, -0.2) is 139 Å². The number of halogens is 7. The molecule has 4 N–H and O–H groups in total. The van der Waals surface area contributed by atoms with E-state index in [4.69, 9.17) is 40.9 Å². The molecule has 0 unspecified atom stereocenters. The number of carbonyl (C=O) groups is 4. The third-order valence-electron chi connectivity index (χ3n) is 13.5. The molecule has 0 spiro atoms. The van der Waals surface area contributed by atoms with E-state index in [0.717, 1.165) is 76.6 Å². The number of piperazine rings is 1. The number of likely N-dealkylation sites (tertiary alicyclic amines) is 1. The Balaban J connectivity index is 0.000000686. The Morgan fingerprint density at radius 1 is 0.829 bits per heavy atom. The van der Waals surface area contributed by atoms with Crippen molar-refractivity contribution in [2.24, 2.45) is 5.41 Å². The second-order valence-corrected chi connectivity index (χ2v) is 23.6. The van der Waals surface area contributed by atoms with Crippen LogP contribution < -0.4 is 19.7 Å². The van der Waals surface area contributed by atoms with Crippen LogP contribution in [0, 0.1) is 15.5 Å². The number of amides is 1. The quantitative estimate of drug-likeness (QED) is 0.0515. The van der Waals surface area contributed by atoms with Crippen molar-refractivity contribution < 1.29 is 78.5 Å². The summed E-state index contributed by atoms with van der Waals surface area (Å²) in [5.74, 6) is -6.12. The number of hydrogen-bond acceptors (Lipinski definition) is 14. The number of piperidine rings is 1. The lowest BCUT2D eigenvalue weighted by Gasteiger charge is -2.39. The first-order chi connectivity index (χ1) is 38.1. The molecule has 444 valence electrons. The monoisotopic (exact) mass is 1190 g/mol.